The first-order valence-electron chi connectivity index (χ1n) is 6.08. The van der Waals surface area contributed by atoms with Gasteiger partial charge in [0.25, 0.3) is 0 Å². The topological polar surface area (TPSA) is 47.3 Å². The molecule has 0 aliphatic rings. The molecule has 94 valence electrons. The van der Waals surface area contributed by atoms with E-state index >= 15 is 0 Å². The SMILES string of the molecule is Cc1nc2cc(-c3ccccc3)nn2c(C=O)c1C. The second-order valence-corrected chi connectivity index (χ2v) is 4.49. The van der Waals surface area contributed by atoms with Gasteiger partial charge in [0.2, 0.25) is 0 Å². The van der Waals surface area contributed by atoms with Crippen molar-refractivity contribution in [3.63, 3.8) is 0 Å². The molecule has 0 N–H and O–H groups in total. The molecule has 0 spiro atoms. The minimum atomic E-state index is 0.560. The van der Waals surface area contributed by atoms with Crippen LogP contribution in [0.25, 0.3) is 16.9 Å². The summed E-state index contributed by atoms with van der Waals surface area (Å²) in [5, 5.41) is 4.48. The lowest BCUT2D eigenvalue weighted by molar-refractivity contribution is 0.111. The van der Waals surface area contributed by atoms with Crippen LogP contribution in [0.15, 0.2) is 36.4 Å². The zero-order valence-corrected chi connectivity index (χ0v) is 10.8. The molecule has 3 aromatic rings. The van der Waals surface area contributed by atoms with E-state index in [4.69, 9.17) is 0 Å². The third kappa shape index (κ3) is 1.81. The van der Waals surface area contributed by atoms with E-state index in [1.807, 2.05) is 50.2 Å². The van der Waals surface area contributed by atoms with E-state index in [1.54, 1.807) is 4.52 Å². The minimum absolute atomic E-state index is 0.560. The summed E-state index contributed by atoms with van der Waals surface area (Å²) in [5.74, 6) is 0. The van der Waals surface area contributed by atoms with Gasteiger partial charge in [-0.3, -0.25) is 4.79 Å². The van der Waals surface area contributed by atoms with E-state index in [0.717, 1.165) is 28.8 Å². The molecule has 19 heavy (non-hydrogen) atoms. The van der Waals surface area contributed by atoms with Crippen LogP contribution >= 0.6 is 0 Å². The molecule has 0 aliphatic heterocycles. The summed E-state index contributed by atoms with van der Waals surface area (Å²) in [6.07, 6.45) is 0.832. The molecule has 0 fully saturated rings. The number of carbonyl (C=O) groups is 1. The van der Waals surface area contributed by atoms with E-state index < -0.39 is 0 Å². The van der Waals surface area contributed by atoms with Crippen molar-refractivity contribution in [3.05, 3.63) is 53.3 Å². The molecule has 2 aromatic heterocycles. The van der Waals surface area contributed by atoms with E-state index in [1.165, 1.54) is 0 Å². The molecule has 0 radical (unpaired) electrons. The molecule has 0 saturated heterocycles. The van der Waals surface area contributed by atoms with Crippen molar-refractivity contribution in [2.75, 3.05) is 0 Å². The highest BCUT2D eigenvalue weighted by molar-refractivity contribution is 5.77. The van der Waals surface area contributed by atoms with Crippen molar-refractivity contribution in [1.29, 1.82) is 0 Å². The molecule has 0 unspecified atom stereocenters. The van der Waals surface area contributed by atoms with E-state index in [-0.39, 0.29) is 0 Å². The number of benzene rings is 1. The van der Waals surface area contributed by atoms with Crippen LogP contribution < -0.4 is 0 Å². The van der Waals surface area contributed by atoms with Gasteiger partial charge in [-0.25, -0.2) is 9.50 Å². The highest BCUT2D eigenvalue weighted by Gasteiger charge is 2.12. The fraction of sp³-hybridized carbons (Fsp3) is 0.133. The van der Waals surface area contributed by atoms with Gasteiger partial charge in [0.15, 0.2) is 11.9 Å². The summed E-state index contributed by atoms with van der Waals surface area (Å²) in [4.78, 5) is 15.7. The van der Waals surface area contributed by atoms with Crippen LogP contribution in [-0.4, -0.2) is 20.9 Å². The highest BCUT2D eigenvalue weighted by Crippen LogP contribution is 2.20. The maximum absolute atomic E-state index is 11.3. The number of aldehydes is 1. The molecule has 0 saturated carbocycles. The zero-order valence-electron chi connectivity index (χ0n) is 10.8. The van der Waals surface area contributed by atoms with E-state index in [9.17, 15) is 4.79 Å². The number of carbonyl (C=O) groups excluding carboxylic acids is 1. The number of fused-ring (bicyclic) bond motifs is 1. The van der Waals surface area contributed by atoms with Crippen molar-refractivity contribution < 1.29 is 4.79 Å². The fourth-order valence-electron chi connectivity index (χ4n) is 2.12. The first kappa shape index (κ1) is 11.6. The van der Waals surface area contributed by atoms with Crippen LogP contribution in [-0.2, 0) is 0 Å². The Morgan fingerprint density at radius 2 is 1.89 bits per heavy atom. The van der Waals surface area contributed by atoms with Gasteiger partial charge < -0.3 is 0 Å². The lowest BCUT2D eigenvalue weighted by Gasteiger charge is -2.04. The predicted molar refractivity (Wildman–Crippen MR) is 73.3 cm³/mol. The van der Waals surface area contributed by atoms with Crippen LogP contribution in [0, 0.1) is 13.8 Å². The molecular formula is C15H13N3O. The molecule has 3 rings (SSSR count). The molecule has 0 bridgehead atoms. The Hall–Kier alpha value is -2.49. The normalized spacial score (nSPS) is 10.8. The van der Waals surface area contributed by atoms with Gasteiger partial charge in [-0.2, -0.15) is 5.10 Å². The average Bonchev–Trinajstić information content (AvgIpc) is 2.84. The monoisotopic (exact) mass is 251 g/mol. The molecule has 0 aliphatic carbocycles. The lowest BCUT2D eigenvalue weighted by Crippen LogP contribution is -2.04. The van der Waals surface area contributed by atoms with Gasteiger partial charge in [0.1, 0.15) is 5.69 Å². The van der Waals surface area contributed by atoms with Crippen LogP contribution in [0.3, 0.4) is 0 Å². The summed E-state index contributed by atoms with van der Waals surface area (Å²) < 4.78 is 1.61. The second-order valence-electron chi connectivity index (χ2n) is 4.49. The van der Waals surface area contributed by atoms with Crippen molar-refractivity contribution in [1.82, 2.24) is 14.6 Å². The Balaban J connectivity index is 2.30. The molecular weight excluding hydrogens is 238 g/mol. The van der Waals surface area contributed by atoms with Gasteiger partial charge in [-0.15, -0.1) is 0 Å². The summed E-state index contributed by atoms with van der Waals surface area (Å²) in [6.45, 7) is 3.78. The van der Waals surface area contributed by atoms with Crippen LogP contribution in [0.4, 0.5) is 0 Å². The lowest BCUT2D eigenvalue weighted by atomic mass is 10.1. The largest absolute Gasteiger partial charge is 0.296 e. The van der Waals surface area contributed by atoms with Crippen molar-refractivity contribution in [2.45, 2.75) is 13.8 Å². The van der Waals surface area contributed by atoms with Gasteiger partial charge in [0, 0.05) is 17.3 Å². The van der Waals surface area contributed by atoms with Crippen LogP contribution in [0.1, 0.15) is 21.7 Å². The highest BCUT2D eigenvalue weighted by atomic mass is 16.1. The van der Waals surface area contributed by atoms with Crippen molar-refractivity contribution >= 4 is 11.9 Å². The summed E-state index contributed by atoms with van der Waals surface area (Å²) in [6, 6.07) is 11.8. The number of aryl methyl sites for hydroxylation is 1. The molecule has 4 heteroatoms. The second kappa shape index (κ2) is 4.31. The van der Waals surface area contributed by atoms with Gasteiger partial charge in [-0.05, 0) is 19.4 Å². The Morgan fingerprint density at radius 3 is 2.58 bits per heavy atom. The Morgan fingerprint density at radius 1 is 1.16 bits per heavy atom. The third-order valence-corrected chi connectivity index (χ3v) is 3.31. The van der Waals surface area contributed by atoms with Gasteiger partial charge in [0.05, 0.1) is 5.69 Å². The number of hydrogen-bond donors (Lipinski definition) is 0. The number of hydrogen-bond acceptors (Lipinski definition) is 3. The zero-order chi connectivity index (χ0) is 13.4. The Bertz CT molecular complexity index is 760. The molecule has 0 amide bonds. The van der Waals surface area contributed by atoms with E-state index in [0.29, 0.717) is 11.3 Å². The standard InChI is InChI=1S/C15H13N3O/c1-10-11(2)16-15-8-13(12-6-4-3-5-7-12)17-18(15)14(10)9-19/h3-9H,1-2H3. The molecule has 1 aromatic carbocycles. The summed E-state index contributed by atoms with van der Waals surface area (Å²) in [5.41, 5.74) is 4.81. The predicted octanol–water partition coefficient (Wildman–Crippen LogP) is 2.83. The van der Waals surface area contributed by atoms with Crippen LogP contribution in [0.2, 0.25) is 0 Å². The Kier molecular flexibility index (Phi) is 2.63. The fourth-order valence-corrected chi connectivity index (χ4v) is 2.12. The number of nitrogens with zero attached hydrogens (tertiary/aromatic N) is 3. The minimum Gasteiger partial charge on any atom is -0.296 e. The first-order chi connectivity index (χ1) is 9.20. The number of rotatable bonds is 2. The Labute approximate surface area is 110 Å². The summed E-state index contributed by atoms with van der Waals surface area (Å²) in [7, 11) is 0. The molecule has 4 nitrogen and oxygen atoms in total. The maximum atomic E-state index is 11.3. The van der Waals surface area contributed by atoms with Gasteiger partial charge >= 0.3 is 0 Å². The van der Waals surface area contributed by atoms with Crippen molar-refractivity contribution in [3.8, 4) is 11.3 Å². The first-order valence-corrected chi connectivity index (χ1v) is 6.08. The van der Waals surface area contributed by atoms with Crippen molar-refractivity contribution in [2.24, 2.45) is 0 Å². The summed E-state index contributed by atoms with van der Waals surface area (Å²) >= 11 is 0. The smallest absolute Gasteiger partial charge is 0.168 e. The molecule has 2 heterocycles. The molecule has 0 atom stereocenters. The van der Waals surface area contributed by atoms with E-state index in [2.05, 4.69) is 10.1 Å². The maximum Gasteiger partial charge on any atom is 0.168 e. The average molecular weight is 251 g/mol. The quantitative estimate of drug-likeness (QED) is 0.658. The number of aromatic nitrogens is 3. The third-order valence-electron chi connectivity index (χ3n) is 3.31. The van der Waals surface area contributed by atoms with Crippen LogP contribution in [0.5, 0.6) is 0 Å². The van der Waals surface area contributed by atoms with Gasteiger partial charge in [-0.1, -0.05) is 30.3 Å².